The Bertz CT molecular complexity index is 921. The molecule has 0 saturated carbocycles. The zero-order valence-electron chi connectivity index (χ0n) is 14.9. The number of hydrogen-bond donors (Lipinski definition) is 1. The van der Waals surface area contributed by atoms with Crippen LogP contribution in [0, 0.1) is 0 Å². The number of hydrogen-bond acceptors (Lipinski definition) is 5. The average Bonchev–Trinajstić information content (AvgIpc) is 2.66. The molecular formula is C20H18N2O5. The number of carbonyl (C=O) groups excluding carboxylic acids is 3. The van der Waals surface area contributed by atoms with Crippen LogP contribution >= 0.6 is 0 Å². The Labute approximate surface area is 156 Å². The maximum Gasteiger partial charge on any atom is 0.335 e. The van der Waals surface area contributed by atoms with Gasteiger partial charge in [-0.2, -0.15) is 0 Å². The Hall–Kier alpha value is -3.61. The Morgan fingerprint density at radius 3 is 2.44 bits per heavy atom. The molecule has 0 aliphatic carbocycles. The molecule has 4 amide bonds. The summed E-state index contributed by atoms with van der Waals surface area (Å²) in [7, 11) is 1.53. The third-order valence-corrected chi connectivity index (χ3v) is 3.91. The van der Waals surface area contributed by atoms with Crippen LogP contribution in [0.5, 0.6) is 11.5 Å². The summed E-state index contributed by atoms with van der Waals surface area (Å²) in [5.41, 5.74) is 0.800. The van der Waals surface area contributed by atoms with Gasteiger partial charge in [0.1, 0.15) is 5.57 Å². The van der Waals surface area contributed by atoms with Crippen molar-refractivity contribution in [3.8, 4) is 11.5 Å². The molecular weight excluding hydrogens is 348 g/mol. The summed E-state index contributed by atoms with van der Waals surface area (Å²) in [5, 5.41) is 2.19. The minimum atomic E-state index is -0.780. The first-order valence-electron chi connectivity index (χ1n) is 8.32. The second-order valence-corrected chi connectivity index (χ2v) is 5.64. The molecule has 27 heavy (non-hydrogen) atoms. The van der Waals surface area contributed by atoms with Gasteiger partial charge in [-0.15, -0.1) is 0 Å². The number of rotatable bonds is 5. The molecule has 3 rings (SSSR count). The van der Waals surface area contributed by atoms with Gasteiger partial charge < -0.3 is 9.47 Å². The van der Waals surface area contributed by atoms with Crippen molar-refractivity contribution in [2.75, 3.05) is 18.6 Å². The van der Waals surface area contributed by atoms with Gasteiger partial charge in [-0.3, -0.25) is 14.9 Å². The number of urea groups is 1. The fraction of sp³-hybridized carbons (Fsp3) is 0.150. The number of benzene rings is 2. The molecule has 2 aromatic rings. The van der Waals surface area contributed by atoms with Crippen molar-refractivity contribution in [1.82, 2.24) is 5.32 Å². The summed E-state index contributed by atoms with van der Waals surface area (Å²) in [6, 6.07) is 12.7. The van der Waals surface area contributed by atoms with Gasteiger partial charge in [-0.25, -0.2) is 9.69 Å². The molecule has 2 aromatic carbocycles. The number of amides is 4. The minimum absolute atomic E-state index is 0.147. The van der Waals surface area contributed by atoms with E-state index in [1.807, 2.05) is 6.92 Å². The van der Waals surface area contributed by atoms with Crippen molar-refractivity contribution in [1.29, 1.82) is 0 Å². The topological polar surface area (TPSA) is 84.9 Å². The van der Waals surface area contributed by atoms with Crippen LogP contribution in [0.15, 0.2) is 54.1 Å². The smallest absolute Gasteiger partial charge is 0.335 e. The van der Waals surface area contributed by atoms with Crippen LogP contribution in [0.25, 0.3) is 6.08 Å². The first-order valence-corrected chi connectivity index (χ1v) is 8.32. The summed E-state index contributed by atoms with van der Waals surface area (Å²) >= 11 is 0. The Morgan fingerprint density at radius 2 is 1.78 bits per heavy atom. The van der Waals surface area contributed by atoms with E-state index in [0.29, 0.717) is 29.4 Å². The molecule has 0 radical (unpaired) electrons. The fourth-order valence-corrected chi connectivity index (χ4v) is 2.69. The first-order chi connectivity index (χ1) is 13.0. The number of nitrogens with zero attached hydrogens (tertiary/aromatic N) is 1. The molecule has 1 fully saturated rings. The molecule has 7 heteroatoms. The van der Waals surface area contributed by atoms with Crippen molar-refractivity contribution in [2.45, 2.75) is 6.92 Å². The van der Waals surface area contributed by atoms with Gasteiger partial charge in [-0.1, -0.05) is 24.3 Å². The molecule has 1 N–H and O–H groups in total. The molecule has 7 nitrogen and oxygen atoms in total. The molecule has 1 saturated heterocycles. The largest absolute Gasteiger partial charge is 0.493 e. The number of methoxy groups -OCH3 is 1. The normalized spacial score (nSPS) is 15.7. The first kappa shape index (κ1) is 18.2. The molecule has 0 bridgehead atoms. The van der Waals surface area contributed by atoms with Crippen LogP contribution in [-0.4, -0.2) is 31.6 Å². The quantitative estimate of drug-likeness (QED) is 0.650. The summed E-state index contributed by atoms with van der Waals surface area (Å²) in [6.45, 7) is 2.28. The van der Waals surface area contributed by atoms with Crippen molar-refractivity contribution < 1.29 is 23.9 Å². The summed E-state index contributed by atoms with van der Waals surface area (Å²) in [4.78, 5) is 38.1. The summed E-state index contributed by atoms with van der Waals surface area (Å²) in [6.07, 6.45) is 1.42. The molecule has 0 aromatic heterocycles. The lowest BCUT2D eigenvalue weighted by atomic mass is 10.1. The van der Waals surface area contributed by atoms with Crippen molar-refractivity contribution in [3.05, 3.63) is 59.7 Å². The van der Waals surface area contributed by atoms with Gasteiger partial charge in [0, 0.05) is 0 Å². The number of ether oxygens (including phenoxy) is 2. The highest BCUT2D eigenvalue weighted by molar-refractivity contribution is 6.39. The average molecular weight is 366 g/mol. The number of para-hydroxylation sites is 1. The van der Waals surface area contributed by atoms with Gasteiger partial charge in [0.25, 0.3) is 11.8 Å². The SMILES string of the molecule is CCOc1cc(/C=C2\C(=O)NC(=O)N(c3ccccc3)C2=O)ccc1OC. The van der Waals surface area contributed by atoms with Crippen LogP contribution in [0.3, 0.4) is 0 Å². The van der Waals surface area contributed by atoms with Crippen molar-refractivity contribution in [2.24, 2.45) is 0 Å². The van der Waals surface area contributed by atoms with E-state index in [0.717, 1.165) is 4.90 Å². The highest BCUT2D eigenvalue weighted by atomic mass is 16.5. The molecule has 0 unspecified atom stereocenters. The Balaban J connectivity index is 1.99. The van der Waals surface area contributed by atoms with Crippen LogP contribution in [0.2, 0.25) is 0 Å². The number of nitrogens with one attached hydrogen (secondary N) is 1. The van der Waals surface area contributed by atoms with Crippen LogP contribution in [0.4, 0.5) is 10.5 Å². The summed E-state index contributed by atoms with van der Waals surface area (Å²) in [5.74, 6) is -0.400. The van der Waals surface area contributed by atoms with E-state index in [4.69, 9.17) is 9.47 Å². The van der Waals surface area contributed by atoms with Gasteiger partial charge in [0.2, 0.25) is 0 Å². The monoisotopic (exact) mass is 366 g/mol. The van der Waals surface area contributed by atoms with Crippen LogP contribution in [0.1, 0.15) is 12.5 Å². The third kappa shape index (κ3) is 3.67. The van der Waals surface area contributed by atoms with Gasteiger partial charge >= 0.3 is 6.03 Å². The minimum Gasteiger partial charge on any atom is -0.493 e. The van der Waals surface area contributed by atoms with Gasteiger partial charge in [-0.05, 0) is 42.8 Å². The van der Waals surface area contributed by atoms with Crippen LogP contribution < -0.4 is 19.7 Å². The van der Waals surface area contributed by atoms with E-state index in [1.54, 1.807) is 48.5 Å². The highest BCUT2D eigenvalue weighted by Crippen LogP contribution is 2.29. The number of carbonyl (C=O) groups is 3. The number of anilines is 1. The van der Waals surface area contributed by atoms with Gasteiger partial charge in [0.05, 0.1) is 19.4 Å². The molecule has 1 aliphatic rings. The molecule has 0 spiro atoms. The Kier molecular flexibility index (Phi) is 5.21. The van der Waals surface area contributed by atoms with Gasteiger partial charge in [0.15, 0.2) is 11.5 Å². The second-order valence-electron chi connectivity index (χ2n) is 5.64. The number of imide groups is 2. The highest BCUT2D eigenvalue weighted by Gasteiger charge is 2.36. The van der Waals surface area contributed by atoms with E-state index in [1.165, 1.54) is 13.2 Å². The zero-order chi connectivity index (χ0) is 19.4. The van der Waals surface area contributed by atoms with E-state index in [-0.39, 0.29) is 5.57 Å². The fourth-order valence-electron chi connectivity index (χ4n) is 2.69. The van der Waals surface area contributed by atoms with E-state index in [9.17, 15) is 14.4 Å². The predicted molar refractivity (Wildman–Crippen MR) is 99.6 cm³/mol. The van der Waals surface area contributed by atoms with Crippen molar-refractivity contribution in [3.63, 3.8) is 0 Å². The maximum absolute atomic E-state index is 12.8. The molecule has 1 heterocycles. The predicted octanol–water partition coefficient (Wildman–Crippen LogP) is 2.76. The van der Waals surface area contributed by atoms with E-state index in [2.05, 4.69) is 5.32 Å². The standard InChI is InChI=1S/C20H18N2O5/c1-3-27-17-12-13(9-10-16(17)26-2)11-15-18(23)21-20(25)22(19(15)24)14-7-5-4-6-8-14/h4-12H,3H2,1-2H3,(H,21,23,25)/b15-11+. The molecule has 138 valence electrons. The Morgan fingerprint density at radius 1 is 1.04 bits per heavy atom. The molecule has 0 atom stereocenters. The lowest BCUT2D eigenvalue weighted by Crippen LogP contribution is -2.54. The van der Waals surface area contributed by atoms with Crippen LogP contribution in [-0.2, 0) is 9.59 Å². The number of barbiturate groups is 1. The lowest BCUT2D eigenvalue weighted by Gasteiger charge is -2.26. The lowest BCUT2D eigenvalue weighted by molar-refractivity contribution is -0.122. The van der Waals surface area contributed by atoms with E-state index >= 15 is 0 Å². The van der Waals surface area contributed by atoms with E-state index < -0.39 is 17.8 Å². The zero-order valence-corrected chi connectivity index (χ0v) is 14.9. The molecule has 1 aliphatic heterocycles. The third-order valence-electron chi connectivity index (χ3n) is 3.91. The second kappa shape index (κ2) is 7.74. The maximum atomic E-state index is 12.8. The van der Waals surface area contributed by atoms with Crippen molar-refractivity contribution >= 4 is 29.6 Å². The summed E-state index contributed by atoms with van der Waals surface area (Å²) < 4.78 is 10.7.